The highest BCUT2D eigenvalue weighted by molar-refractivity contribution is 7.21. The summed E-state index contributed by atoms with van der Waals surface area (Å²) in [6.07, 6.45) is 1.81. The molecule has 0 saturated heterocycles. The van der Waals surface area contributed by atoms with E-state index < -0.39 is 0 Å². The molecule has 0 saturated carbocycles. The number of pyridine rings is 1. The zero-order chi connectivity index (χ0) is 35.6. The third kappa shape index (κ3) is 4.62. The maximum Gasteiger partial charge on any atom is 0.164 e. The van der Waals surface area contributed by atoms with Gasteiger partial charge < -0.3 is 4.90 Å². The summed E-state index contributed by atoms with van der Waals surface area (Å²) in [6, 6.07) is 55.5. The van der Waals surface area contributed by atoms with Gasteiger partial charge in [-0.15, -0.1) is 22.7 Å². The molecule has 1 aliphatic carbocycles. The fourth-order valence-corrected chi connectivity index (χ4v) is 10.4. The number of fused-ring (bicyclic) bond motifs is 9. The molecule has 5 aromatic carbocycles. The first-order chi connectivity index (χ1) is 26.8. The van der Waals surface area contributed by atoms with Crippen LogP contribution in [0.4, 0.5) is 17.1 Å². The Kier molecular flexibility index (Phi) is 7.05. The molecule has 0 radical (unpaired) electrons. The van der Waals surface area contributed by atoms with Gasteiger partial charge in [0.25, 0.3) is 0 Å². The highest BCUT2D eigenvalue weighted by Crippen LogP contribution is 2.65. The summed E-state index contributed by atoms with van der Waals surface area (Å²) in [7, 11) is 0. The lowest BCUT2D eigenvalue weighted by Crippen LogP contribution is -2.35. The summed E-state index contributed by atoms with van der Waals surface area (Å²) in [5.41, 5.74) is 13.0. The molecular formula is C47H29N5S2. The lowest BCUT2D eigenvalue weighted by atomic mass is 9.65. The van der Waals surface area contributed by atoms with Crippen LogP contribution in [-0.4, -0.2) is 19.9 Å². The molecule has 11 rings (SSSR count). The third-order valence-electron chi connectivity index (χ3n) is 10.6. The van der Waals surface area contributed by atoms with Crippen LogP contribution in [0, 0.1) is 0 Å². The van der Waals surface area contributed by atoms with Crippen LogP contribution in [-0.2, 0) is 5.41 Å². The Morgan fingerprint density at radius 1 is 0.426 bits per heavy atom. The van der Waals surface area contributed by atoms with E-state index in [4.69, 9.17) is 15.0 Å². The fourth-order valence-electron chi connectivity index (χ4n) is 8.27. The van der Waals surface area contributed by atoms with Crippen molar-refractivity contribution in [2.24, 2.45) is 0 Å². The Hall–Kier alpha value is -6.54. The number of hydrogen-bond acceptors (Lipinski definition) is 7. The number of hydrogen-bond donors (Lipinski definition) is 0. The molecule has 54 heavy (non-hydrogen) atoms. The first-order valence-electron chi connectivity index (χ1n) is 17.9. The van der Waals surface area contributed by atoms with Crippen molar-refractivity contribution < 1.29 is 0 Å². The van der Waals surface area contributed by atoms with Gasteiger partial charge in [-0.25, -0.2) is 15.0 Å². The number of rotatable bonds is 5. The van der Waals surface area contributed by atoms with E-state index in [1.165, 1.54) is 43.4 Å². The van der Waals surface area contributed by atoms with Gasteiger partial charge in [0.2, 0.25) is 0 Å². The summed E-state index contributed by atoms with van der Waals surface area (Å²) in [5.74, 6) is 1.86. The standard InChI is InChI=1S/C47H29N5S2/c1-2-11-31(12-3-1)44-49-45(32-22-20-30(21-23-32)39-17-8-9-26-48-39)51-46(50-44)33-13-10-14-34(29-33)52-40-18-6-4-15-35(40)47(36-16-5-7-19-41(36)52)37-24-27-53-42(37)43-38(47)25-28-54-43/h1-29H. The molecule has 0 bridgehead atoms. The van der Waals surface area contributed by atoms with Crippen molar-refractivity contribution in [2.75, 3.05) is 4.90 Å². The van der Waals surface area contributed by atoms with E-state index in [1.54, 1.807) is 0 Å². The Morgan fingerprint density at radius 2 is 0.963 bits per heavy atom. The molecule has 4 aromatic heterocycles. The molecule has 0 fully saturated rings. The topological polar surface area (TPSA) is 54.8 Å². The van der Waals surface area contributed by atoms with Gasteiger partial charge in [-0.3, -0.25) is 4.98 Å². The predicted molar refractivity (Wildman–Crippen MR) is 221 cm³/mol. The molecule has 2 aliphatic rings. The molecule has 5 nitrogen and oxygen atoms in total. The van der Waals surface area contributed by atoms with Crippen LogP contribution < -0.4 is 4.90 Å². The van der Waals surface area contributed by atoms with Gasteiger partial charge in [-0.05, 0) is 81.5 Å². The molecule has 0 atom stereocenters. The highest BCUT2D eigenvalue weighted by atomic mass is 32.1. The highest BCUT2D eigenvalue weighted by Gasteiger charge is 2.52. The van der Waals surface area contributed by atoms with Crippen LogP contribution in [0.3, 0.4) is 0 Å². The van der Waals surface area contributed by atoms with Crippen LogP contribution in [0.5, 0.6) is 0 Å². The van der Waals surface area contributed by atoms with Crippen molar-refractivity contribution in [3.8, 4) is 55.2 Å². The lowest BCUT2D eigenvalue weighted by Gasteiger charge is -2.44. The molecule has 1 spiro atoms. The van der Waals surface area contributed by atoms with E-state index in [0.29, 0.717) is 17.5 Å². The Labute approximate surface area is 320 Å². The monoisotopic (exact) mass is 727 g/mol. The minimum atomic E-state index is -0.383. The smallest absolute Gasteiger partial charge is 0.164 e. The van der Waals surface area contributed by atoms with E-state index in [9.17, 15) is 0 Å². The molecular weight excluding hydrogens is 699 g/mol. The van der Waals surface area contributed by atoms with E-state index in [0.717, 1.165) is 33.6 Å². The molecule has 0 unspecified atom stereocenters. The molecule has 9 aromatic rings. The van der Waals surface area contributed by atoms with Gasteiger partial charge in [0.15, 0.2) is 17.5 Å². The van der Waals surface area contributed by atoms with Crippen LogP contribution in [0.25, 0.3) is 55.2 Å². The van der Waals surface area contributed by atoms with Crippen molar-refractivity contribution in [3.05, 3.63) is 197 Å². The fraction of sp³-hybridized carbons (Fsp3) is 0.0213. The number of thiophene rings is 2. The van der Waals surface area contributed by atoms with Gasteiger partial charge in [0.1, 0.15) is 0 Å². The van der Waals surface area contributed by atoms with Crippen LogP contribution in [0.1, 0.15) is 22.3 Å². The number of anilines is 3. The van der Waals surface area contributed by atoms with Gasteiger partial charge in [0, 0.05) is 43.9 Å². The first kappa shape index (κ1) is 31.0. The quantitative estimate of drug-likeness (QED) is 0.177. The third-order valence-corrected chi connectivity index (χ3v) is 12.6. The largest absolute Gasteiger partial charge is 0.310 e. The summed E-state index contributed by atoms with van der Waals surface area (Å²) < 4.78 is 0. The Balaban J connectivity index is 1.07. The second-order valence-corrected chi connectivity index (χ2v) is 15.3. The maximum absolute atomic E-state index is 5.12. The minimum Gasteiger partial charge on any atom is -0.310 e. The normalized spacial score (nSPS) is 13.3. The summed E-state index contributed by atoms with van der Waals surface area (Å²) >= 11 is 3.69. The Bertz CT molecular complexity index is 2750. The predicted octanol–water partition coefficient (Wildman–Crippen LogP) is 12.2. The van der Waals surface area contributed by atoms with Crippen LogP contribution >= 0.6 is 22.7 Å². The van der Waals surface area contributed by atoms with Crippen molar-refractivity contribution in [1.82, 2.24) is 19.9 Å². The zero-order valence-corrected chi connectivity index (χ0v) is 30.4. The average molecular weight is 728 g/mol. The number of benzene rings is 5. The van der Waals surface area contributed by atoms with Gasteiger partial charge in [-0.1, -0.05) is 109 Å². The van der Waals surface area contributed by atoms with Crippen molar-refractivity contribution in [3.63, 3.8) is 0 Å². The van der Waals surface area contributed by atoms with Crippen LogP contribution in [0.2, 0.25) is 0 Å². The van der Waals surface area contributed by atoms with Crippen molar-refractivity contribution >= 4 is 39.7 Å². The molecule has 0 amide bonds. The van der Waals surface area contributed by atoms with Gasteiger partial charge in [0.05, 0.1) is 22.5 Å². The maximum atomic E-state index is 5.12. The minimum absolute atomic E-state index is 0.383. The molecule has 5 heterocycles. The molecule has 254 valence electrons. The molecule has 0 N–H and O–H groups in total. The Morgan fingerprint density at radius 3 is 1.59 bits per heavy atom. The second-order valence-electron chi connectivity index (χ2n) is 13.5. The van der Waals surface area contributed by atoms with Crippen LogP contribution in [0.15, 0.2) is 175 Å². The molecule has 1 aliphatic heterocycles. The summed E-state index contributed by atoms with van der Waals surface area (Å²) in [4.78, 5) is 24.9. The van der Waals surface area contributed by atoms with Gasteiger partial charge >= 0.3 is 0 Å². The zero-order valence-electron chi connectivity index (χ0n) is 28.8. The van der Waals surface area contributed by atoms with Crippen molar-refractivity contribution in [2.45, 2.75) is 5.41 Å². The number of nitrogens with zero attached hydrogens (tertiary/aromatic N) is 5. The number of para-hydroxylation sites is 2. The molecule has 7 heteroatoms. The summed E-state index contributed by atoms with van der Waals surface area (Å²) in [5, 5.41) is 4.50. The second kappa shape index (κ2) is 12.3. The van der Waals surface area contributed by atoms with E-state index in [2.05, 4.69) is 130 Å². The lowest BCUT2D eigenvalue weighted by molar-refractivity contribution is 0.756. The van der Waals surface area contributed by atoms with Gasteiger partial charge in [-0.2, -0.15) is 0 Å². The summed E-state index contributed by atoms with van der Waals surface area (Å²) in [6.45, 7) is 0. The SMILES string of the molecule is c1ccc(-c2nc(-c3ccc(-c4ccccn4)cc3)nc(-c3cccc(N4c5ccccc5C5(c6ccccc64)c4ccsc4-c4sccc45)c3)n2)cc1. The van der Waals surface area contributed by atoms with E-state index in [1.807, 2.05) is 77.4 Å². The van der Waals surface area contributed by atoms with Crippen molar-refractivity contribution in [1.29, 1.82) is 0 Å². The van der Waals surface area contributed by atoms with E-state index in [-0.39, 0.29) is 5.41 Å². The van der Waals surface area contributed by atoms with E-state index >= 15 is 0 Å². The number of aromatic nitrogens is 4. The average Bonchev–Trinajstić information content (AvgIpc) is 3.99. The first-order valence-corrected chi connectivity index (χ1v) is 19.6.